The number of hydrogen-bond acceptors (Lipinski definition) is 4. The summed E-state index contributed by atoms with van der Waals surface area (Å²) in [5, 5.41) is 11.6. The van der Waals surface area contributed by atoms with E-state index in [1.165, 1.54) is 0 Å². The van der Waals surface area contributed by atoms with Gasteiger partial charge in [0.05, 0.1) is 12.6 Å². The highest BCUT2D eigenvalue weighted by molar-refractivity contribution is 9.10. The first kappa shape index (κ1) is 13.1. The highest BCUT2D eigenvalue weighted by atomic mass is 79.9. The smallest absolute Gasteiger partial charge is 0.287 e. The van der Waals surface area contributed by atoms with E-state index in [0.29, 0.717) is 17.0 Å². The molecule has 0 aliphatic carbocycles. The van der Waals surface area contributed by atoms with E-state index in [9.17, 15) is 4.79 Å². The quantitative estimate of drug-likeness (QED) is 0.864. The summed E-state index contributed by atoms with van der Waals surface area (Å²) in [6.07, 6.45) is 1.74. The molecule has 1 aliphatic rings. The first-order valence-corrected chi connectivity index (χ1v) is 6.64. The van der Waals surface area contributed by atoms with Gasteiger partial charge in [-0.3, -0.25) is 9.69 Å². The molecule has 1 aromatic heterocycles. The van der Waals surface area contributed by atoms with Gasteiger partial charge in [-0.1, -0.05) is 0 Å². The third kappa shape index (κ3) is 3.34. The maximum atomic E-state index is 11.8. The van der Waals surface area contributed by atoms with E-state index in [2.05, 4.69) is 32.2 Å². The summed E-state index contributed by atoms with van der Waals surface area (Å²) < 4.78 is 5.75. The topological polar surface area (TPSA) is 69.3 Å². The minimum Gasteiger partial charge on any atom is -0.444 e. The molecule has 2 rings (SSSR count). The molecule has 0 bridgehead atoms. The van der Waals surface area contributed by atoms with Crippen LogP contribution < -0.4 is 5.32 Å². The molecule has 0 aromatic carbocycles. The Morgan fingerprint density at radius 1 is 1.56 bits per heavy atom. The Morgan fingerprint density at radius 3 is 2.83 bits per heavy atom. The molecular formula is C12H14BrN3O2. The van der Waals surface area contributed by atoms with Crippen molar-refractivity contribution in [1.29, 1.82) is 5.26 Å². The third-order valence-electron chi connectivity index (χ3n) is 3.01. The molecule has 0 unspecified atom stereocenters. The van der Waals surface area contributed by atoms with Gasteiger partial charge in [0.25, 0.3) is 5.91 Å². The van der Waals surface area contributed by atoms with Gasteiger partial charge in [0.1, 0.15) is 0 Å². The number of carbonyl (C=O) groups is 1. The maximum Gasteiger partial charge on any atom is 0.287 e. The van der Waals surface area contributed by atoms with Crippen LogP contribution in [0.1, 0.15) is 23.4 Å². The van der Waals surface area contributed by atoms with Crippen molar-refractivity contribution in [3.63, 3.8) is 0 Å². The third-order valence-corrected chi connectivity index (χ3v) is 3.44. The number of likely N-dealkylation sites (tertiary alicyclic amines) is 1. The molecule has 18 heavy (non-hydrogen) atoms. The van der Waals surface area contributed by atoms with Gasteiger partial charge in [-0.25, -0.2) is 0 Å². The monoisotopic (exact) mass is 311 g/mol. The second kappa shape index (κ2) is 6.03. The molecule has 1 N–H and O–H groups in total. The van der Waals surface area contributed by atoms with Gasteiger partial charge in [0, 0.05) is 19.1 Å². The van der Waals surface area contributed by atoms with Crippen molar-refractivity contribution >= 4 is 21.8 Å². The van der Waals surface area contributed by atoms with E-state index in [-0.39, 0.29) is 11.9 Å². The van der Waals surface area contributed by atoms with E-state index >= 15 is 0 Å². The van der Waals surface area contributed by atoms with E-state index in [1.807, 2.05) is 0 Å². The van der Waals surface area contributed by atoms with Gasteiger partial charge in [-0.2, -0.15) is 5.26 Å². The average molecular weight is 312 g/mol. The number of piperidine rings is 1. The van der Waals surface area contributed by atoms with Crippen molar-refractivity contribution < 1.29 is 9.21 Å². The van der Waals surface area contributed by atoms with Crippen molar-refractivity contribution in [3.05, 3.63) is 22.6 Å². The first-order chi connectivity index (χ1) is 8.69. The molecule has 1 fully saturated rings. The Morgan fingerprint density at radius 2 is 2.28 bits per heavy atom. The van der Waals surface area contributed by atoms with Crippen molar-refractivity contribution in [1.82, 2.24) is 10.2 Å². The minimum absolute atomic E-state index is 0.163. The van der Waals surface area contributed by atoms with Crippen LogP contribution in [0.2, 0.25) is 0 Å². The van der Waals surface area contributed by atoms with Crippen LogP contribution in [0.25, 0.3) is 0 Å². The Bertz CT molecular complexity index is 458. The molecular weight excluding hydrogens is 298 g/mol. The lowest BCUT2D eigenvalue weighted by Crippen LogP contribution is -2.44. The van der Waals surface area contributed by atoms with Crippen LogP contribution in [-0.4, -0.2) is 36.5 Å². The van der Waals surface area contributed by atoms with Crippen LogP contribution in [-0.2, 0) is 0 Å². The zero-order valence-corrected chi connectivity index (χ0v) is 11.4. The van der Waals surface area contributed by atoms with Crippen LogP contribution in [0.3, 0.4) is 0 Å². The maximum absolute atomic E-state index is 11.8. The van der Waals surface area contributed by atoms with Gasteiger partial charge in [-0.05, 0) is 40.9 Å². The van der Waals surface area contributed by atoms with E-state index < -0.39 is 0 Å². The van der Waals surface area contributed by atoms with Crippen molar-refractivity contribution in [2.24, 2.45) is 0 Å². The number of rotatable bonds is 3. The zero-order valence-electron chi connectivity index (χ0n) is 9.86. The summed E-state index contributed by atoms with van der Waals surface area (Å²) in [4.78, 5) is 13.9. The molecule has 96 valence electrons. The lowest BCUT2D eigenvalue weighted by atomic mass is 10.1. The molecule has 6 heteroatoms. The second-order valence-electron chi connectivity index (χ2n) is 4.29. The number of hydrogen-bond donors (Lipinski definition) is 1. The Kier molecular flexibility index (Phi) is 4.39. The fourth-order valence-electron chi connectivity index (χ4n) is 2.03. The van der Waals surface area contributed by atoms with Crippen LogP contribution in [0.5, 0.6) is 0 Å². The molecule has 0 radical (unpaired) electrons. The standard InChI is InChI=1S/C12H14BrN3O2/c13-11-2-1-10(18-11)12(17)15-9-3-6-16(7-4-9)8-5-14/h1-2,9H,3-4,6-8H2,(H,15,17). The van der Waals surface area contributed by atoms with Crippen LogP contribution >= 0.6 is 15.9 Å². The van der Waals surface area contributed by atoms with Crippen molar-refractivity contribution in [3.8, 4) is 6.07 Å². The number of carbonyl (C=O) groups excluding carboxylic acids is 1. The largest absolute Gasteiger partial charge is 0.444 e. The Balaban J connectivity index is 1.81. The van der Waals surface area contributed by atoms with Crippen molar-refractivity contribution in [2.45, 2.75) is 18.9 Å². The summed E-state index contributed by atoms with van der Waals surface area (Å²) in [6, 6.07) is 5.65. The molecule has 1 amide bonds. The summed E-state index contributed by atoms with van der Waals surface area (Å²) in [5.41, 5.74) is 0. The van der Waals surface area contributed by atoms with E-state index in [0.717, 1.165) is 25.9 Å². The molecule has 1 aliphatic heterocycles. The summed E-state index contributed by atoms with van der Waals surface area (Å²) in [7, 11) is 0. The van der Waals surface area contributed by atoms with Crippen LogP contribution in [0.15, 0.2) is 21.2 Å². The number of amides is 1. The molecule has 1 saturated heterocycles. The number of nitriles is 1. The first-order valence-electron chi connectivity index (χ1n) is 5.84. The SMILES string of the molecule is N#CCN1CCC(NC(=O)c2ccc(Br)o2)CC1. The van der Waals surface area contributed by atoms with Crippen molar-refractivity contribution in [2.75, 3.05) is 19.6 Å². The minimum atomic E-state index is -0.181. The van der Waals surface area contributed by atoms with E-state index in [4.69, 9.17) is 9.68 Å². The molecule has 1 aromatic rings. The molecule has 5 nitrogen and oxygen atoms in total. The fourth-order valence-corrected chi connectivity index (χ4v) is 2.33. The highest BCUT2D eigenvalue weighted by Crippen LogP contribution is 2.15. The molecule has 0 saturated carbocycles. The summed E-state index contributed by atoms with van der Waals surface area (Å²) in [6.45, 7) is 2.16. The van der Waals surface area contributed by atoms with E-state index in [1.54, 1.807) is 12.1 Å². The van der Waals surface area contributed by atoms with Gasteiger partial charge in [-0.15, -0.1) is 0 Å². The van der Waals surface area contributed by atoms with Crippen LogP contribution in [0, 0.1) is 11.3 Å². The predicted molar refractivity (Wildman–Crippen MR) is 68.9 cm³/mol. The summed E-state index contributed by atoms with van der Waals surface area (Å²) in [5.74, 6) is 0.140. The average Bonchev–Trinajstić information content (AvgIpc) is 2.79. The molecule has 0 spiro atoms. The fraction of sp³-hybridized carbons (Fsp3) is 0.500. The number of halogens is 1. The predicted octanol–water partition coefficient (Wildman–Crippen LogP) is 1.76. The lowest BCUT2D eigenvalue weighted by molar-refractivity contribution is 0.0885. The highest BCUT2D eigenvalue weighted by Gasteiger charge is 2.21. The van der Waals surface area contributed by atoms with Gasteiger partial charge >= 0.3 is 0 Å². The normalized spacial score (nSPS) is 17.3. The van der Waals surface area contributed by atoms with Crippen LogP contribution in [0.4, 0.5) is 0 Å². The number of nitrogens with one attached hydrogen (secondary N) is 1. The summed E-state index contributed by atoms with van der Waals surface area (Å²) >= 11 is 3.17. The van der Waals surface area contributed by atoms with Gasteiger partial charge in [0.15, 0.2) is 10.4 Å². The second-order valence-corrected chi connectivity index (χ2v) is 5.07. The van der Waals surface area contributed by atoms with Gasteiger partial charge in [0.2, 0.25) is 0 Å². The lowest BCUT2D eigenvalue weighted by Gasteiger charge is -2.30. The Labute approximate surface area is 114 Å². The number of nitrogens with zero attached hydrogens (tertiary/aromatic N) is 2. The van der Waals surface area contributed by atoms with Gasteiger partial charge < -0.3 is 9.73 Å². The Hall–Kier alpha value is -1.32. The molecule has 2 heterocycles. The number of furan rings is 1. The zero-order chi connectivity index (χ0) is 13.0. The molecule has 0 atom stereocenters.